The molecule has 0 heterocycles. The fraction of sp³-hybridized carbons (Fsp3) is 0.222. The molecule has 0 saturated carbocycles. The van der Waals surface area contributed by atoms with E-state index in [1.807, 2.05) is 13.0 Å². The van der Waals surface area contributed by atoms with Crippen LogP contribution in [0.2, 0.25) is 0 Å². The van der Waals surface area contributed by atoms with E-state index in [2.05, 4.69) is 0 Å². The standard InChI is InChI=1S/C9H13BN2O2S/c1-6-2-7(5-15-9(11)12)4-8(3-6)10(13)14/h2-4,13-14H,5H2,1H3,(H3,11,12). The van der Waals surface area contributed by atoms with Crippen molar-refractivity contribution < 1.29 is 10.0 Å². The lowest BCUT2D eigenvalue weighted by atomic mass is 9.79. The third-order valence-electron chi connectivity index (χ3n) is 1.85. The zero-order valence-corrected chi connectivity index (χ0v) is 9.21. The lowest BCUT2D eigenvalue weighted by Gasteiger charge is -2.06. The van der Waals surface area contributed by atoms with Gasteiger partial charge in [-0.2, -0.15) is 0 Å². The van der Waals surface area contributed by atoms with Crippen LogP contribution >= 0.6 is 11.8 Å². The molecule has 0 aliphatic carbocycles. The predicted molar refractivity (Wildman–Crippen MR) is 64.2 cm³/mol. The van der Waals surface area contributed by atoms with Gasteiger partial charge in [0.1, 0.15) is 0 Å². The van der Waals surface area contributed by atoms with Gasteiger partial charge in [0.15, 0.2) is 5.17 Å². The number of nitrogens with two attached hydrogens (primary N) is 1. The number of aryl methyl sites for hydroxylation is 1. The Hall–Kier alpha value is -0.975. The van der Waals surface area contributed by atoms with Crippen LogP contribution in [0.4, 0.5) is 0 Å². The molecule has 0 atom stereocenters. The van der Waals surface area contributed by atoms with Crippen LogP contribution in [0, 0.1) is 12.3 Å². The van der Waals surface area contributed by atoms with Crippen LogP contribution in [0.15, 0.2) is 18.2 Å². The Morgan fingerprint density at radius 2 is 2.13 bits per heavy atom. The Bertz CT molecular complexity index is 371. The highest BCUT2D eigenvalue weighted by atomic mass is 32.2. The topological polar surface area (TPSA) is 90.3 Å². The summed E-state index contributed by atoms with van der Waals surface area (Å²) in [6.45, 7) is 1.88. The third kappa shape index (κ3) is 3.95. The van der Waals surface area contributed by atoms with Crippen molar-refractivity contribution >= 4 is 29.5 Å². The van der Waals surface area contributed by atoms with E-state index in [-0.39, 0.29) is 5.17 Å². The van der Waals surface area contributed by atoms with Crippen molar-refractivity contribution in [2.75, 3.05) is 0 Å². The third-order valence-corrected chi connectivity index (χ3v) is 2.64. The first kappa shape index (κ1) is 12.1. The molecule has 0 aliphatic heterocycles. The molecular formula is C9H13BN2O2S. The number of hydrogen-bond acceptors (Lipinski definition) is 4. The van der Waals surface area contributed by atoms with Crippen LogP contribution < -0.4 is 11.2 Å². The molecule has 0 saturated heterocycles. The molecular weight excluding hydrogens is 211 g/mol. The molecule has 0 amide bonds. The Kier molecular flexibility index (Phi) is 4.20. The molecule has 0 fully saturated rings. The minimum atomic E-state index is -1.45. The zero-order valence-electron chi connectivity index (χ0n) is 8.40. The first-order valence-electron chi connectivity index (χ1n) is 4.42. The maximum absolute atomic E-state index is 9.03. The smallest absolute Gasteiger partial charge is 0.423 e. The maximum Gasteiger partial charge on any atom is 0.488 e. The molecule has 0 unspecified atom stereocenters. The maximum atomic E-state index is 9.03. The summed E-state index contributed by atoms with van der Waals surface area (Å²) in [7, 11) is -1.45. The van der Waals surface area contributed by atoms with Crippen LogP contribution in [-0.4, -0.2) is 22.3 Å². The van der Waals surface area contributed by atoms with Crippen LogP contribution in [0.3, 0.4) is 0 Å². The zero-order chi connectivity index (χ0) is 11.4. The average Bonchev–Trinajstić information content (AvgIpc) is 2.13. The number of nitrogens with one attached hydrogen (secondary N) is 1. The summed E-state index contributed by atoms with van der Waals surface area (Å²) in [6.07, 6.45) is 0. The van der Waals surface area contributed by atoms with Crippen molar-refractivity contribution in [1.82, 2.24) is 0 Å². The summed E-state index contributed by atoms with van der Waals surface area (Å²) in [5.41, 5.74) is 7.58. The second-order valence-electron chi connectivity index (χ2n) is 3.28. The van der Waals surface area contributed by atoms with Gasteiger partial charge in [0.2, 0.25) is 0 Å². The predicted octanol–water partition coefficient (Wildman–Crippen LogP) is -0.199. The van der Waals surface area contributed by atoms with Crippen molar-refractivity contribution in [1.29, 1.82) is 5.41 Å². The summed E-state index contributed by atoms with van der Waals surface area (Å²) < 4.78 is 0. The Morgan fingerprint density at radius 3 is 2.67 bits per heavy atom. The van der Waals surface area contributed by atoms with Crippen LogP contribution in [0.1, 0.15) is 11.1 Å². The highest BCUT2D eigenvalue weighted by Gasteiger charge is 2.12. The van der Waals surface area contributed by atoms with Gasteiger partial charge in [-0.3, -0.25) is 5.41 Å². The van der Waals surface area contributed by atoms with E-state index < -0.39 is 7.12 Å². The molecule has 0 spiro atoms. The molecule has 0 aromatic heterocycles. The van der Waals surface area contributed by atoms with Gasteiger partial charge in [0.05, 0.1) is 0 Å². The van der Waals surface area contributed by atoms with E-state index in [4.69, 9.17) is 21.2 Å². The summed E-state index contributed by atoms with van der Waals surface area (Å²) >= 11 is 1.21. The molecule has 80 valence electrons. The first-order chi connectivity index (χ1) is 6.99. The van der Waals surface area contributed by atoms with E-state index in [9.17, 15) is 0 Å². The van der Waals surface area contributed by atoms with E-state index >= 15 is 0 Å². The summed E-state index contributed by atoms with van der Waals surface area (Å²) in [6, 6.07) is 5.35. The van der Waals surface area contributed by atoms with Gasteiger partial charge >= 0.3 is 7.12 Å². The molecule has 6 heteroatoms. The monoisotopic (exact) mass is 224 g/mol. The van der Waals surface area contributed by atoms with Crippen molar-refractivity contribution in [3.8, 4) is 0 Å². The molecule has 1 rings (SSSR count). The van der Waals surface area contributed by atoms with Crippen molar-refractivity contribution in [3.63, 3.8) is 0 Å². The van der Waals surface area contributed by atoms with E-state index in [1.165, 1.54) is 11.8 Å². The first-order valence-corrected chi connectivity index (χ1v) is 5.41. The minimum absolute atomic E-state index is 0.0580. The Balaban J connectivity index is 2.84. The second kappa shape index (κ2) is 5.20. The van der Waals surface area contributed by atoms with Crippen molar-refractivity contribution in [2.45, 2.75) is 12.7 Å². The van der Waals surface area contributed by atoms with Crippen molar-refractivity contribution in [2.24, 2.45) is 5.73 Å². The largest absolute Gasteiger partial charge is 0.488 e. The molecule has 1 aromatic carbocycles. The van der Waals surface area contributed by atoms with Gasteiger partial charge in [-0.1, -0.05) is 35.5 Å². The molecule has 1 aromatic rings. The molecule has 4 nitrogen and oxygen atoms in total. The van der Waals surface area contributed by atoms with E-state index in [0.29, 0.717) is 11.2 Å². The number of thioether (sulfide) groups is 1. The number of benzene rings is 1. The fourth-order valence-corrected chi connectivity index (χ4v) is 1.78. The van der Waals surface area contributed by atoms with Gasteiger partial charge in [0.25, 0.3) is 0 Å². The number of rotatable bonds is 3. The molecule has 5 N–H and O–H groups in total. The Labute approximate surface area is 93.2 Å². The van der Waals surface area contributed by atoms with Gasteiger partial charge in [-0.15, -0.1) is 0 Å². The summed E-state index contributed by atoms with van der Waals surface area (Å²) in [5, 5.41) is 25.2. The summed E-state index contributed by atoms with van der Waals surface area (Å²) in [4.78, 5) is 0. The van der Waals surface area contributed by atoms with E-state index in [0.717, 1.165) is 11.1 Å². The average molecular weight is 224 g/mol. The van der Waals surface area contributed by atoms with Crippen LogP contribution in [0.25, 0.3) is 0 Å². The van der Waals surface area contributed by atoms with Gasteiger partial charge in [-0.05, 0) is 17.9 Å². The minimum Gasteiger partial charge on any atom is -0.423 e. The quantitative estimate of drug-likeness (QED) is 0.325. The molecule has 0 radical (unpaired) electrons. The fourth-order valence-electron chi connectivity index (χ4n) is 1.29. The SMILES string of the molecule is Cc1cc(CSC(=N)N)cc(B(O)O)c1. The molecule has 15 heavy (non-hydrogen) atoms. The van der Waals surface area contributed by atoms with Gasteiger partial charge < -0.3 is 15.8 Å². The van der Waals surface area contributed by atoms with Gasteiger partial charge in [0, 0.05) is 5.75 Å². The normalized spacial score (nSPS) is 10.1. The van der Waals surface area contributed by atoms with Gasteiger partial charge in [-0.25, -0.2) is 0 Å². The van der Waals surface area contributed by atoms with Crippen molar-refractivity contribution in [3.05, 3.63) is 29.3 Å². The number of hydrogen-bond donors (Lipinski definition) is 4. The van der Waals surface area contributed by atoms with Crippen LogP contribution in [-0.2, 0) is 5.75 Å². The lowest BCUT2D eigenvalue weighted by Crippen LogP contribution is -2.30. The van der Waals surface area contributed by atoms with Crippen LogP contribution in [0.5, 0.6) is 0 Å². The highest BCUT2D eigenvalue weighted by molar-refractivity contribution is 8.13. The molecule has 0 bridgehead atoms. The molecule has 0 aliphatic rings. The lowest BCUT2D eigenvalue weighted by molar-refractivity contribution is 0.425. The van der Waals surface area contributed by atoms with E-state index in [1.54, 1.807) is 12.1 Å². The highest BCUT2D eigenvalue weighted by Crippen LogP contribution is 2.12. The second-order valence-corrected chi connectivity index (χ2v) is 4.30. The Morgan fingerprint density at radius 1 is 1.47 bits per heavy atom. The number of amidine groups is 1. The summed E-state index contributed by atoms with van der Waals surface area (Å²) in [5.74, 6) is 0.566.